The van der Waals surface area contributed by atoms with Crippen molar-refractivity contribution in [1.82, 2.24) is 24.4 Å². The quantitative estimate of drug-likeness (QED) is 0.734. The summed E-state index contributed by atoms with van der Waals surface area (Å²) in [5.41, 5.74) is 3.24. The number of hydrogen-bond acceptors (Lipinski definition) is 5. The molecule has 1 fully saturated rings. The first-order valence-electron chi connectivity index (χ1n) is 8.78. The molecule has 25 heavy (non-hydrogen) atoms. The molecule has 0 spiro atoms. The average molecular weight is 340 g/mol. The van der Waals surface area contributed by atoms with E-state index in [4.69, 9.17) is 4.98 Å². The van der Waals surface area contributed by atoms with Crippen molar-refractivity contribution in [1.29, 1.82) is 0 Å². The minimum Gasteiger partial charge on any atom is -0.395 e. The number of aliphatic hydroxyl groups excluding tert-OH is 1. The van der Waals surface area contributed by atoms with Gasteiger partial charge in [0.15, 0.2) is 0 Å². The Bertz CT molecular complexity index is 846. The molecular formula is C18H24N6O. The lowest BCUT2D eigenvalue weighted by Crippen LogP contribution is -2.47. The fourth-order valence-electron chi connectivity index (χ4n) is 3.52. The van der Waals surface area contributed by atoms with Gasteiger partial charge in [0.2, 0.25) is 5.95 Å². The molecule has 7 nitrogen and oxygen atoms in total. The van der Waals surface area contributed by atoms with Crippen molar-refractivity contribution < 1.29 is 5.11 Å². The van der Waals surface area contributed by atoms with Crippen molar-refractivity contribution in [2.45, 2.75) is 20.0 Å². The Morgan fingerprint density at radius 3 is 2.68 bits per heavy atom. The van der Waals surface area contributed by atoms with E-state index in [1.807, 2.05) is 31.3 Å². The summed E-state index contributed by atoms with van der Waals surface area (Å²) in [4.78, 5) is 17.1. The normalized spacial score (nSPS) is 16.0. The van der Waals surface area contributed by atoms with Crippen LogP contribution in [0.5, 0.6) is 0 Å². The van der Waals surface area contributed by atoms with E-state index in [9.17, 15) is 5.11 Å². The summed E-state index contributed by atoms with van der Waals surface area (Å²) in [7, 11) is 0. The van der Waals surface area contributed by atoms with Crippen LogP contribution in [0.1, 0.15) is 11.5 Å². The third kappa shape index (κ3) is 3.25. The molecule has 1 aliphatic heterocycles. The van der Waals surface area contributed by atoms with Crippen molar-refractivity contribution in [2.24, 2.45) is 0 Å². The molecule has 0 aliphatic carbocycles. The van der Waals surface area contributed by atoms with E-state index in [1.165, 1.54) is 5.69 Å². The predicted octanol–water partition coefficient (Wildman–Crippen LogP) is 1.38. The van der Waals surface area contributed by atoms with Gasteiger partial charge in [0.1, 0.15) is 5.82 Å². The number of aliphatic hydroxyl groups is 1. The number of H-pyrrole nitrogens is 1. The summed E-state index contributed by atoms with van der Waals surface area (Å²) >= 11 is 0. The van der Waals surface area contributed by atoms with Gasteiger partial charge in [-0.15, -0.1) is 0 Å². The molecule has 1 saturated heterocycles. The number of hydrogen-bond donors (Lipinski definition) is 2. The number of nitrogens with one attached hydrogen (secondary N) is 1. The molecule has 1 aliphatic rings. The van der Waals surface area contributed by atoms with Gasteiger partial charge in [0.25, 0.3) is 0 Å². The van der Waals surface area contributed by atoms with Crippen molar-refractivity contribution in [3.05, 3.63) is 42.0 Å². The van der Waals surface area contributed by atoms with Crippen molar-refractivity contribution >= 4 is 17.0 Å². The maximum Gasteiger partial charge on any atom is 0.206 e. The SMILES string of the molecule is Cc1ncc(CN2CCN(c3nc4ccccc4n3CCO)CC2)[nH]1. The Hall–Kier alpha value is -2.38. The number of imidazole rings is 2. The van der Waals surface area contributed by atoms with Gasteiger partial charge in [-0.25, -0.2) is 9.97 Å². The second-order valence-corrected chi connectivity index (χ2v) is 6.53. The van der Waals surface area contributed by atoms with Gasteiger partial charge in [-0.2, -0.15) is 0 Å². The van der Waals surface area contributed by atoms with Gasteiger partial charge in [0, 0.05) is 51.2 Å². The maximum atomic E-state index is 9.44. The largest absolute Gasteiger partial charge is 0.395 e. The number of aryl methyl sites for hydroxylation is 1. The van der Waals surface area contributed by atoms with Gasteiger partial charge in [-0.1, -0.05) is 12.1 Å². The molecule has 0 radical (unpaired) electrons. The van der Waals surface area contributed by atoms with Gasteiger partial charge >= 0.3 is 0 Å². The molecule has 0 bridgehead atoms. The Morgan fingerprint density at radius 2 is 1.96 bits per heavy atom. The number of aromatic nitrogens is 4. The molecule has 4 rings (SSSR count). The first-order valence-corrected chi connectivity index (χ1v) is 8.78. The lowest BCUT2D eigenvalue weighted by atomic mass is 10.3. The van der Waals surface area contributed by atoms with Gasteiger partial charge in [0.05, 0.1) is 17.6 Å². The van der Waals surface area contributed by atoms with Crippen LogP contribution in [-0.4, -0.2) is 62.3 Å². The van der Waals surface area contributed by atoms with Crippen LogP contribution >= 0.6 is 0 Å². The van der Waals surface area contributed by atoms with E-state index in [1.54, 1.807) is 0 Å². The fraction of sp³-hybridized carbons (Fsp3) is 0.444. The molecule has 0 saturated carbocycles. The summed E-state index contributed by atoms with van der Waals surface area (Å²) in [6.07, 6.45) is 1.92. The number of rotatable bonds is 5. The number of aromatic amines is 1. The highest BCUT2D eigenvalue weighted by Crippen LogP contribution is 2.23. The molecule has 3 aromatic rings. The molecule has 132 valence electrons. The van der Waals surface area contributed by atoms with Crippen LogP contribution < -0.4 is 4.90 Å². The predicted molar refractivity (Wildman–Crippen MR) is 97.6 cm³/mol. The van der Waals surface area contributed by atoms with Crippen LogP contribution in [0.2, 0.25) is 0 Å². The summed E-state index contributed by atoms with van der Waals surface area (Å²) in [5.74, 6) is 1.93. The number of benzene rings is 1. The van der Waals surface area contributed by atoms with Crippen LogP contribution in [0.4, 0.5) is 5.95 Å². The Labute approximate surface area is 146 Å². The third-order valence-corrected chi connectivity index (χ3v) is 4.76. The number of para-hydroxylation sites is 2. The Kier molecular flexibility index (Phi) is 4.42. The van der Waals surface area contributed by atoms with Gasteiger partial charge < -0.3 is 19.6 Å². The van der Waals surface area contributed by atoms with Crippen LogP contribution in [-0.2, 0) is 13.1 Å². The zero-order valence-electron chi connectivity index (χ0n) is 14.5. The van der Waals surface area contributed by atoms with E-state index in [-0.39, 0.29) is 6.61 Å². The Balaban J connectivity index is 1.48. The lowest BCUT2D eigenvalue weighted by molar-refractivity contribution is 0.244. The monoisotopic (exact) mass is 340 g/mol. The first-order chi connectivity index (χ1) is 12.2. The Morgan fingerprint density at radius 1 is 1.16 bits per heavy atom. The van der Waals surface area contributed by atoms with Crippen LogP contribution in [0, 0.1) is 6.92 Å². The molecule has 7 heteroatoms. The molecule has 0 amide bonds. The minimum atomic E-state index is 0.118. The summed E-state index contributed by atoms with van der Waals surface area (Å²) < 4.78 is 2.13. The molecular weight excluding hydrogens is 316 g/mol. The van der Waals surface area contributed by atoms with Gasteiger partial charge in [-0.05, 0) is 19.1 Å². The topological polar surface area (TPSA) is 73.2 Å². The van der Waals surface area contributed by atoms with E-state index < -0.39 is 0 Å². The van der Waals surface area contributed by atoms with E-state index in [0.717, 1.165) is 55.5 Å². The van der Waals surface area contributed by atoms with Crippen LogP contribution in [0.3, 0.4) is 0 Å². The summed E-state index contributed by atoms with van der Waals surface area (Å²) in [6.45, 7) is 7.41. The summed E-state index contributed by atoms with van der Waals surface area (Å²) in [5, 5.41) is 9.44. The minimum absolute atomic E-state index is 0.118. The zero-order valence-corrected chi connectivity index (χ0v) is 14.5. The number of fused-ring (bicyclic) bond motifs is 1. The molecule has 1 aromatic carbocycles. The van der Waals surface area contributed by atoms with Gasteiger partial charge in [-0.3, -0.25) is 4.90 Å². The fourth-order valence-corrected chi connectivity index (χ4v) is 3.52. The van der Waals surface area contributed by atoms with E-state index in [0.29, 0.717) is 6.54 Å². The third-order valence-electron chi connectivity index (χ3n) is 4.76. The zero-order chi connectivity index (χ0) is 17.2. The second-order valence-electron chi connectivity index (χ2n) is 6.53. The molecule has 3 heterocycles. The first kappa shape index (κ1) is 16.1. The highest BCUT2D eigenvalue weighted by atomic mass is 16.3. The average Bonchev–Trinajstić information content (AvgIpc) is 3.20. The molecule has 2 aromatic heterocycles. The standard InChI is InChI=1S/C18H24N6O/c1-14-19-12-15(20-14)13-22-6-8-23(9-7-22)18-21-16-4-2-3-5-17(16)24(18)10-11-25/h2-5,12,25H,6-11,13H2,1H3,(H,19,20). The molecule has 2 N–H and O–H groups in total. The molecule has 0 unspecified atom stereocenters. The van der Waals surface area contributed by atoms with Crippen LogP contribution in [0.25, 0.3) is 11.0 Å². The van der Waals surface area contributed by atoms with Crippen molar-refractivity contribution in [3.63, 3.8) is 0 Å². The number of nitrogens with zero attached hydrogens (tertiary/aromatic N) is 5. The molecule has 0 atom stereocenters. The smallest absolute Gasteiger partial charge is 0.206 e. The van der Waals surface area contributed by atoms with Crippen molar-refractivity contribution in [2.75, 3.05) is 37.7 Å². The number of piperazine rings is 1. The highest BCUT2D eigenvalue weighted by molar-refractivity contribution is 5.78. The maximum absolute atomic E-state index is 9.44. The number of anilines is 1. The van der Waals surface area contributed by atoms with Crippen molar-refractivity contribution in [3.8, 4) is 0 Å². The second kappa shape index (κ2) is 6.85. The summed E-state index contributed by atoms with van der Waals surface area (Å²) in [6, 6.07) is 8.13. The van der Waals surface area contributed by atoms with Crippen LogP contribution in [0.15, 0.2) is 30.5 Å². The van der Waals surface area contributed by atoms with E-state index >= 15 is 0 Å². The highest BCUT2D eigenvalue weighted by Gasteiger charge is 2.22. The lowest BCUT2D eigenvalue weighted by Gasteiger charge is -2.35. The van der Waals surface area contributed by atoms with E-state index in [2.05, 4.69) is 30.4 Å².